The predicted molar refractivity (Wildman–Crippen MR) is 200 cm³/mol. The molecule has 1 aromatic heterocycles. The van der Waals surface area contributed by atoms with Crippen LogP contribution in [0.1, 0.15) is 19.2 Å². The van der Waals surface area contributed by atoms with E-state index in [4.69, 9.17) is 20.9 Å². The van der Waals surface area contributed by atoms with Gasteiger partial charge in [0.1, 0.15) is 11.2 Å². The molecular weight excluding hydrogens is 569 g/mol. The lowest BCUT2D eigenvalue weighted by atomic mass is 9.84. The van der Waals surface area contributed by atoms with Crippen LogP contribution in [0.4, 0.5) is 0 Å². The van der Waals surface area contributed by atoms with Gasteiger partial charge in [0, 0.05) is 10.8 Å². The summed E-state index contributed by atoms with van der Waals surface area (Å²) in [6.07, 6.45) is 0. The molecule has 1 heterocycles. The second kappa shape index (κ2) is 10.2. The van der Waals surface area contributed by atoms with E-state index >= 15 is 0 Å². The molecule has 0 atom stereocenters. The summed E-state index contributed by atoms with van der Waals surface area (Å²) < 4.78 is 127. The maximum Gasteiger partial charge on any atom is 0.136 e. The van der Waals surface area contributed by atoms with Crippen molar-refractivity contribution < 1.29 is 23.6 Å². The summed E-state index contributed by atoms with van der Waals surface area (Å²) in [6.45, 7) is 0. The van der Waals surface area contributed by atoms with Gasteiger partial charge in [-0.2, -0.15) is 0 Å². The Kier molecular flexibility index (Phi) is 3.44. The molecule has 0 N–H and O–H groups in total. The van der Waals surface area contributed by atoms with Crippen LogP contribution in [-0.2, 0) is 0 Å². The maximum atomic E-state index is 9.46. The zero-order chi connectivity index (χ0) is 43.1. The Hall–Kier alpha value is -6.18. The van der Waals surface area contributed by atoms with Gasteiger partial charge in [0.2, 0.25) is 0 Å². The van der Waals surface area contributed by atoms with E-state index in [0.29, 0.717) is 21.9 Å². The van der Waals surface area contributed by atoms with Crippen molar-refractivity contribution in [3.63, 3.8) is 0 Å². The van der Waals surface area contributed by atoms with Crippen molar-refractivity contribution in [2.24, 2.45) is 0 Å². The molecule has 0 aliphatic rings. The van der Waals surface area contributed by atoms with Crippen molar-refractivity contribution in [3.8, 4) is 33.4 Å². The molecule has 0 saturated heterocycles. The van der Waals surface area contributed by atoms with Crippen molar-refractivity contribution >= 4 is 65.0 Å². The molecule has 1 nitrogen and oxygen atoms in total. The van der Waals surface area contributed by atoms with E-state index in [-0.39, 0.29) is 68.0 Å². The number of hydrogen-bond acceptors (Lipinski definition) is 1. The third-order valence-electron chi connectivity index (χ3n) is 8.80. The van der Waals surface area contributed by atoms with Crippen LogP contribution in [0.3, 0.4) is 0 Å². The van der Waals surface area contributed by atoms with Crippen LogP contribution in [0.5, 0.6) is 0 Å². The van der Waals surface area contributed by atoms with Crippen LogP contribution >= 0.6 is 0 Å². The van der Waals surface area contributed by atoms with Crippen molar-refractivity contribution in [2.45, 2.75) is 0 Å². The Morgan fingerprint density at radius 3 is 1.70 bits per heavy atom. The van der Waals surface area contributed by atoms with Gasteiger partial charge in [-0.15, -0.1) is 0 Å². The molecule has 47 heavy (non-hydrogen) atoms. The van der Waals surface area contributed by atoms with Gasteiger partial charge >= 0.3 is 0 Å². The molecule has 0 saturated carbocycles. The second-order valence-corrected chi connectivity index (χ2v) is 11.4. The Bertz CT molecular complexity index is 3560. The molecule has 0 radical (unpaired) electrons. The fraction of sp³-hybridized carbons (Fsp3) is 0. The molecule has 1 heteroatoms. The molecule has 0 fully saturated rings. The molecule has 0 bridgehead atoms. The summed E-state index contributed by atoms with van der Waals surface area (Å²) in [4.78, 5) is 0. The van der Waals surface area contributed by atoms with Gasteiger partial charge in [0.25, 0.3) is 0 Å². The first-order valence-corrected chi connectivity index (χ1v) is 15.0. The Balaban J connectivity index is 1.28. The van der Waals surface area contributed by atoms with E-state index in [9.17, 15) is 2.74 Å². The van der Waals surface area contributed by atoms with Crippen molar-refractivity contribution in [3.05, 3.63) is 170 Å². The lowest BCUT2D eigenvalue weighted by Gasteiger charge is -2.18. The quantitative estimate of drug-likeness (QED) is 0.181. The molecular formula is C46H28O. The zero-order valence-electron chi connectivity index (χ0n) is 38.5. The zero-order valence-corrected chi connectivity index (χ0v) is 24.5. The van der Waals surface area contributed by atoms with Crippen LogP contribution in [0.15, 0.2) is 174 Å². The predicted octanol–water partition coefficient (Wildman–Crippen LogP) is 13.2. The van der Waals surface area contributed by atoms with E-state index in [1.807, 2.05) is 72.8 Å². The first-order chi connectivity index (χ1) is 29.1. The first kappa shape index (κ1) is 15.9. The Labute approximate surface area is 291 Å². The van der Waals surface area contributed by atoms with Crippen LogP contribution in [0.25, 0.3) is 98.4 Å². The fourth-order valence-corrected chi connectivity index (χ4v) is 6.76. The highest BCUT2D eigenvalue weighted by atomic mass is 16.3. The minimum Gasteiger partial charge on any atom is -0.456 e. The average Bonchev–Trinajstić information content (AvgIpc) is 3.67. The van der Waals surface area contributed by atoms with Crippen molar-refractivity contribution in [1.82, 2.24) is 0 Å². The van der Waals surface area contributed by atoms with E-state index in [2.05, 4.69) is 0 Å². The normalized spacial score (nSPS) is 16.0. The second-order valence-electron chi connectivity index (χ2n) is 11.4. The van der Waals surface area contributed by atoms with E-state index < -0.39 is 60.4 Å². The summed E-state index contributed by atoms with van der Waals surface area (Å²) in [5.74, 6) is 0. The highest BCUT2D eigenvalue weighted by Gasteiger charge is 2.20. The van der Waals surface area contributed by atoms with Gasteiger partial charge in [-0.25, -0.2) is 0 Å². The van der Waals surface area contributed by atoms with Gasteiger partial charge in [-0.3, -0.25) is 0 Å². The first-order valence-electron chi connectivity index (χ1n) is 22.0. The van der Waals surface area contributed by atoms with E-state index in [0.717, 1.165) is 32.7 Å². The lowest BCUT2D eigenvalue weighted by Crippen LogP contribution is -1.91. The molecule has 0 aliphatic carbocycles. The molecule has 0 unspecified atom stereocenters. The molecule has 10 rings (SSSR count). The van der Waals surface area contributed by atoms with Crippen molar-refractivity contribution in [2.75, 3.05) is 0 Å². The number of hydrogen-bond donors (Lipinski definition) is 0. The summed E-state index contributed by atoms with van der Waals surface area (Å²) in [7, 11) is 0. The Morgan fingerprint density at radius 2 is 1.00 bits per heavy atom. The SMILES string of the molecule is [2H]c1c([2H])c([2H])c(-c2ccc3cc(-c4c5ccccc5c(-c5c([2H])c([2H])c([2H])c6oc7c([2H])c8c([2H])c([2H])c([2H])c([2H])c8c([2H])c7c56)c5ccccc45)ccc3c2)c([2H])c1[2H]. The highest BCUT2D eigenvalue weighted by molar-refractivity contribution is 6.26. The van der Waals surface area contributed by atoms with Crippen LogP contribution in [0, 0.1) is 0 Å². The van der Waals surface area contributed by atoms with E-state index in [1.165, 1.54) is 0 Å². The molecule has 218 valence electrons. The number of benzene rings is 9. The molecule has 0 aliphatic heterocycles. The largest absolute Gasteiger partial charge is 0.456 e. The molecule has 0 spiro atoms. The average molecular weight is 611 g/mol. The van der Waals surface area contributed by atoms with Crippen LogP contribution in [0.2, 0.25) is 0 Å². The molecule has 10 aromatic rings. The van der Waals surface area contributed by atoms with Gasteiger partial charge in [-0.1, -0.05) is 139 Å². The van der Waals surface area contributed by atoms with Crippen molar-refractivity contribution in [1.29, 1.82) is 0 Å². The summed E-state index contributed by atoms with van der Waals surface area (Å²) >= 11 is 0. The van der Waals surface area contributed by atoms with Gasteiger partial charge < -0.3 is 4.42 Å². The van der Waals surface area contributed by atoms with Gasteiger partial charge in [0.15, 0.2) is 0 Å². The van der Waals surface area contributed by atoms with Crippen LogP contribution < -0.4 is 0 Å². The molecule has 9 aromatic carbocycles. The maximum absolute atomic E-state index is 9.46. The summed E-state index contributed by atoms with van der Waals surface area (Å²) in [6, 6.07) is 20.5. The smallest absolute Gasteiger partial charge is 0.136 e. The number of rotatable bonds is 3. The Morgan fingerprint density at radius 1 is 0.404 bits per heavy atom. The van der Waals surface area contributed by atoms with E-state index in [1.54, 1.807) is 12.1 Å². The van der Waals surface area contributed by atoms with Gasteiger partial charge in [-0.05, 0) is 107 Å². The molecule has 0 amide bonds. The third kappa shape index (κ3) is 4.03. The third-order valence-corrected chi connectivity index (χ3v) is 8.80. The standard InChI is InChI=1S/C46H28O/c1-2-11-29(12-3-1)32-21-22-34-26-35(24-23-33(34)25-32)44-36-15-6-8-17-38(36)45(39-18-9-7-16-37(39)44)40-19-10-20-42-46(40)41-27-30-13-4-5-14-31(30)28-43(41)47-42/h1-28H/i1D,2D,3D,4D,5D,10D,11D,12D,13D,14D,19D,20D,27D,28D. The minimum absolute atomic E-state index is 0.00396. The number of fused-ring (bicyclic) bond motifs is 7. The lowest BCUT2D eigenvalue weighted by molar-refractivity contribution is 0.669. The number of furan rings is 1. The fourth-order valence-electron chi connectivity index (χ4n) is 6.76. The minimum atomic E-state index is -0.565. The van der Waals surface area contributed by atoms with Gasteiger partial charge in [0.05, 0.1) is 19.2 Å². The monoisotopic (exact) mass is 610 g/mol. The summed E-state index contributed by atoms with van der Waals surface area (Å²) in [5.41, 5.74) is 2.65. The van der Waals surface area contributed by atoms with Crippen LogP contribution in [-0.4, -0.2) is 0 Å². The summed E-state index contributed by atoms with van der Waals surface area (Å²) in [5, 5.41) is 4.25. The highest BCUT2D eigenvalue weighted by Crippen LogP contribution is 2.47. The topological polar surface area (TPSA) is 13.1 Å².